The molecule has 0 aliphatic carbocycles. The highest BCUT2D eigenvalue weighted by molar-refractivity contribution is 7.11. The molecule has 0 atom stereocenters. The number of benzene rings is 3. The zero-order valence-corrected chi connectivity index (χ0v) is 16.2. The quantitative estimate of drug-likeness (QED) is 0.245. The van der Waals surface area contributed by atoms with E-state index in [-0.39, 0.29) is 16.9 Å². The molecule has 0 saturated carbocycles. The third-order valence-corrected chi connectivity index (χ3v) is 5.31. The molecule has 3 aromatic carbocycles. The minimum Gasteiger partial charge on any atom is -0.358 e. The van der Waals surface area contributed by atoms with Crippen LogP contribution in [0.25, 0.3) is 27.6 Å². The number of nitro groups is 1. The van der Waals surface area contributed by atoms with Crippen LogP contribution >= 0.6 is 11.3 Å². The van der Waals surface area contributed by atoms with Crippen LogP contribution in [0.4, 0.5) is 15.8 Å². The zero-order chi connectivity index (χ0) is 21.1. The molecule has 6 nitrogen and oxygen atoms in total. The molecule has 0 aliphatic heterocycles. The molecule has 0 radical (unpaired) electrons. The van der Waals surface area contributed by atoms with E-state index in [0.29, 0.717) is 5.01 Å². The second kappa shape index (κ2) is 8.11. The Morgan fingerprint density at radius 3 is 2.73 bits per heavy atom. The average molecular weight is 416 g/mol. The molecular formula is C22H13FN4O2S. The van der Waals surface area contributed by atoms with Gasteiger partial charge in [-0.05, 0) is 22.9 Å². The van der Waals surface area contributed by atoms with E-state index in [1.54, 1.807) is 0 Å². The summed E-state index contributed by atoms with van der Waals surface area (Å²) in [5.74, 6) is -0.662. The molecule has 8 heteroatoms. The van der Waals surface area contributed by atoms with Gasteiger partial charge in [-0.15, -0.1) is 11.3 Å². The molecule has 4 rings (SSSR count). The number of anilines is 1. The Morgan fingerprint density at radius 2 is 1.97 bits per heavy atom. The summed E-state index contributed by atoms with van der Waals surface area (Å²) in [5, 5.41) is 27.5. The Hall–Kier alpha value is -4.09. The molecule has 0 fully saturated rings. The number of non-ortho nitro benzene ring substituents is 1. The fourth-order valence-electron chi connectivity index (χ4n) is 2.91. The first-order valence-corrected chi connectivity index (χ1v) is 9.69. The first kappa shape index (κ1) is 19.2. The molecule has 0 unspecified atom stereocenters. The molecule has 146 valence electrons. The topological polar surface area (TPSA) is 91.8 Å². The number of fused-ring (bicyclic) bond motifs is 1. The van der Waals surface area contributed by atoms with E-state index in [4.69, 9.17) is 0 Å². The highest BCUT2D eigenvalue weighted by atomic mass is 32.1. The maximum atomic E-state index is 13.9. The van der Waals surface area contributed by atoms with Crippen LogP contribution in [-0.2, 0) is 0 Å². The number of allylic oxidation sites excluding steroid dienone is 1. The van der Waals surface area contributed by atoms with Gasteiger partial charge in [0.15, 0.2) is 0 Å². The van der Waals surface area contributed by atoms with Crippen molar-refractivity contribution in [1.29, 1.82) is 5.26 Å². The number of thiazole rings is 1. The Balaban J connectivity index is 1.61. The van der Waals surface area contributed by atoms with Gasteiger partial charge in [-0.25, -0.2) is 9.37 Å². The third kappa shape index (κ3) is 3.87. The second-order valence-corrected chi connectivity index (χ2v) is 7.19. The van der Waals surface area contributed by atoms with Crippen molar-refractivity contribution in [3.05, 3.63) is 93.2 Å². The van der Waals surface area contributed by atoms with E-state index in [2.05, 4.69) is 10.3 Å². The maximum absolute atomic E-state index is 13.9. The Labute approximate surface area is 174 Å². The minimum atomic E-state index is -0.662. The first-order chi connectivity index (χ1) is 14.5. The first-order valence-electron chi connectivity index (χ1n) is 8.81. The lowest BCUT2D eigenvalue weighted by atomic mass is 10.1. The van der Waals surface area contributed by atoms with Gasteiger partial charge < -0.3 is 5.32 Å². The highest BCUT2D eigenvalue weighted by Crippen LogP contribution is 2.29. The number of hydrogen-bond donors (Lipinski definition) is 1. The van der Waals surface area contributed by atoms with Gasteiger partial charge in [-0.3, -0.25) is 10.1 Å². The lowest BCUT2D eigenvalue weighted by Gasteiger charge is -2.03. The third-order valence-electron chi connectivity index (χ3n) is 4.43. The normalized spacial score (nSPS) is 11.3. The van der Waals surface area contributed by atoms with Crippen molar-refractivity contribution in [2.75, 3.05) is 5.32 Å². The molecule has 4 aromatic rings. The molecule has 0 spiro atoms. The van der Waals surface area contributed by atoms with Crippen molar-refractivity contribution >= 4 is 39.1 Å². The van der Waals surface area contributed by atoms with E-state index >= 15 is 0 Å². The molecule has 1 aromatic heterocycles. The van der Waals surface area contributed by atoms with Crippen LogP contribution in [0, 0.1) is 27.3 Å². The van der Waals surface area contributed by atoms with Crippen LogP contribution in [0.15, 0.2) is 72.2 Å². The molecular weight excluding hydrogens is 403 g/mol. The van der Waals surface area contributed by atoms with Crippen LogP contribution in [0.1, 0.15) is 5.01 Å². The fraction of sp³-hybridized carbons (Fsp3) is 0. The second-order valence-electron chi connectivity index (χ2n) is 6.34. The van der Waals surface area contributed by atoms with Gasteiger partial charge in [-0.1, -0.05) is 36.4 Å². The number of nitriles is 1. The van der Waals surface area contributed by atoms with E-state index in [1.807, 2.05) is 53.9 Å². The molecule has 0 saturated heterocycles. The van der Waals surface area contributed by atoms with Crippen molar-refractivity contribution in [1.82, 2.24) is 4.98 Å². The summed E-state index contributed by atoms with van der Waals surface area (Å²) in [5.41, 5.74) is 1.49. The van der Waals surface area contributed by atoms with Gasteiger partial charge in [0.05, 0.1) is 16.3 Å². The van der Waals surface area contributed by atoms with Gasteiger partial charge in [-0.2, -0.15) is 5.26 Å². The maximum Gasteiger partial charge on any atom is 0.271 e. The SMILES string of the molecule is N#C/C(=C/Nc1cc([N+](=O)[O-])ccc1F)c1nc(-c2ccc3ccccc3c2)cs1. The van der Waals surface area contributed by atoms with Gasteiger partial charge in [0, 0.05) is 29.3 Å². The predicted octanol–water partition coefficient (Wildman–Crippen LogP) is 5.99. The van der Waals surface area contributed by atoms with Gasteiger partial charge in [0.1, 0.15) is 22.5 Å². The number of rotatable bonds is 5. The number of nitro benzene ring substituents is 1. The molecule has 30 heavy (non-hydrogen) atoms. The van der Waals surface area contributed by atoms with Gasteiger partial charge in [0.25, 0.3) is 5.69 Å². The molecule has 1 heterocycles. The highest BCUT2D eigenvalue weighted by Gasteiger charge is 2.12. The van der Waals surface area contributed by atoms with Crippen LogP contribution in [0.3, 0.4) is 0 Å². The summed E-state index contributed by atoms with van der Waals surface area (Å²) < 4.78 is 13.9. The summed E-state index contributed by atoms with van der Waals surface area (Å²) in [6.45, 7) is 0. The zero-order valence-electron chi connectivity index (χ0n) is 15.4. The fourth-order valence-corrected chi connectivity index (χ4v) is 3.70. The smallest absolute Gasteiger partial charge is 0.271 e. The molecule has 0 amide bonds. The van der Waals surface area contributed by atoms with Crippen LogP contribution < -0.4 is 5.32 Å². The minimum absolute atomic E-state index is 0.0942. The van der Waals surface area contributed by atoms with Crippen molar-refractivity contribution < 1.29 is 9.31 Å². The summed E-state index contributed by atoms with van der Waals surface area (Å²) >= 11 is 1.29. The van der Waals surface area contributed by atoms with Crippen LogP contribution in [0.2, 0.25) is 0 Å². The summed E-state index contributed by atoms with van der Waals surface area (Å²) in [6.07, 6.45) is 1.30. The lowest BCUT2D eigenvalue weighted by Crippen LogP contribution is -1.96. The predicted molar refractivity (Wildman–Crippen MR) is 115 cm³/mol. The van der Waals surface area contributed by atoms with E-state index in [1.165, 1.54) is 17.5 Å². The molecule has 0 aliphatic rings. The lowest BCUT2D eigenvalue weighted by molar-refractivity contribution is -0.384. The van der Waals surface area contributed by atoms with Crippen molar-refractivity contribution in [3.63, 3.8) is 0 Å². The monoisotopic (exact) mass is 416 g/mol. The average Bonchev–Trinajstić information content (AvgIpc) is 3.25. The Kier molecular flexibility index (Phi) is 5.20. The largest absolute Gasteiger partial charge is 0.358 e. The van der Waals surface area contributed by atoms with Crippen LogP contribution in [-0.4, -0.2) is 9.91 Å². The van der Waals surface area contributed by atoms with Crippen LogP contribution in [0.5, 0.6) is 0 Å². The van der Waals surface area contributed by atoms with Crippen molar-refractivity contribution in [3.8, 4) is 17.3 Å². The number of halogens is 1. The van der Waals surface area contributed by atoms with E-state index in [9.17, 15) is 19.8 Å². The summed E-state index contributed by atoms with van der Waals surface area (Å²) in [4.78, 5) is 14.8. The number of aromatic nitrogens is 1. The summed E-state index contributed by atoms with van der Waals surface area (Å²) in [7, 11) is 0. The summed E-state index contributed by atoms with van der Waals surface area (Å²) in [6, 6.07) is 19.2. The standard InChI is InChI=1S/C22H13FN4O2S/c23-19-8-7-18(27(28)29)10-20(19)25-12-17(11-24)22-26-21(13-30-22)16-6-5-14-3-1-2-4-15(14)9-16/h1-10,12-13,25H/b17-12-. The number of nitrogens with one attached hydrogen (secondary N) is 1. The van der Waals surface area contributed by atoms with E-state index < -0.39 is 10.7 Å². The van der Waals surface area contributed by atoms with Gasteiger partial charge >= 0.3 is 0 Å². The molecule has 1 N–H and O–H groups in total. The molecule has 0 bridgehead atoms. The number of hydrogen-bond acceptors (Lipinski definition) is 6. The Bertz CT molecular complexity index is 1340. The Morgan fingerprint density at radius 1 is 1.17 bits per heavy atom. The van der Waals surface area contributed by atoms with Crippen molar-refractivity contribution in [2.24, 2.45) is 0 Å². The van der Waals surface area contributed by atoms with E-state index in [0.717, 1.165) is 40.2 Å². The van der Waals surface area contributed by atoms with Gasteiger partial charge in [0.2, 0.25) is 0 Å². The van der Waals surface area contributed by atoms with Crippen molar-refractivity contribution in [2.45, 2.75) is 0 Å². The number of nitrogens with zero attached hydrogens (tertiary/aromatic N) is 3.